The van der Waals surface area contributed by atoms with Gasteiger partial charge in [-0.3, -0.25) is 38.7 Å². The Labute approximate surface area is 384 Å². The Hall–Kier alpha value is -5.81. The van der Waals surface area contributed by atoms with Crippen LogP contribution in [-0.4, -0.2) is 143 Å². The van der Waals surface area contributed by atoms with Gasteiger partial charge in [0.1, 0.15) is 15.5 Å². The number of benzene rings is 2. The Kier molecular flexibility index (Phi) is 16.0. The largest absolute Gasteiger partial charge is 0.493 e. The number of hydrazone groups is 2. The number of hydrogen-bond acceptors (Lipinski definition) is 23. The molecule has 2 aliphatic carbocycles. The van der Waals surface area contributed by atoms with Crippen molar-refractivity contribution in [2.75, 3.05) is 66.1 Å². The van der Waals surface area contributed by atoms with Gasteiger partial charge in [-0.1, -0.05) is 0 Å². The number of halogens is 1. The Morgan fingerprint density at radius 1 is 0.742 bits per heavy atom. The van der Waals surface area contributed by atoms with E-state index in [1.165, 1.54) is 33.4 Å². The zero-order valence-corrected chi connectivity index (χ0v) is 38.4. The summed E-state index contributed by atoms with van der Waals surface area (Å²) in [4.78, 5) is 34.8. The number of sulfone groups is 1. The Balaban J connectivity index is 0.00000952. The van der Waals surface area contributed by atoms with Crippen LogP contribution in [0.4, 0.5) is 33.3 Å². The fraction of sp³-hybridized carbons (Fsp3) is 0.219. The third kappa shape index (κ3) is 13.0. The standard InChI is InChI=1S/C32H32FN9O18S5.Cu/c1-42(8-9-61(45,46)10-11-62(47,48)49)32-36-30(33)35-31(37-32)34-19-6-5-17-18(29(19)65(56,57)58)13-26(64(53,54)55)27(28(17)44)41-39-21-15-25(60-3)24(59-2)14-20(21)38-40-22-12-16(63(50,51)52)4-7-23(22)43;/h4-7,12-15,38-39H,8-11H2,1-3H3,(H,47,48,49)(H,50,51,52)(H,53,54,55)(H,56,57,58)(H,34,35,36,37);/b40-22-,41-27+;. The summed E-state index contributed by atoms with van der Waals surface area (Å²) in [6, 6.07) is 4.13. The van der Waals surface area contributed by atoms with Crippen LogP contribution in [0.1, 0.15) is 15.9 Å². The normalized spacial score (nSPS) is 15.6. The van der Waals surface area contributed by atoms with Gasteiger partial charge in [-0.15, -0.1) is 0 Å². The van der Waals surface area contributed by atoms with E-state index in [0.29, 0.717) is 6.08 Å². The predicted octanol–water partition coefficient (Wildman–Crippen LogP) is 0.326. The average Bonchev–Trinajstić information content (AvgIpc) is 3.19. The molecule has 1 radical (unpaired) electrons. The third-order valence-corrected chi connectivity index (χ3v) is 13.9. The monoisotopic (exact) mass is 1070 g/mol. The molecule has 7 N–H and O–H groups in total. The van der Waals surface area contributed by atoms with Crippen molar-refractivity contribution in [3.63, 3.8) is 0 Å². The maximum Gasteiger partial charge on any atom is 0.315 e. The molecule has 2 aromatic carbocycles. The number of carbonyl (C=O) groups excluding carboxylic acids is 2. The molecule has 0 fully saturated rings. The average molecular weight is 1070 g/mol. The van der Waals surface area contributed by atoms with Crippen LogP contribution >= 0.6 is 0 Å². The first-order valence-corrected chi connectivity index (χ1v) is 25.1. The van der Waals surface area contributed by atoms with Gasteiger partial charge in [-0.05, 0) is 36.4 Å². The minimum Gasteiger partial charge on any atom is -0.493 e. The van der Waals surface area contributed by atoms with E-state index in [1.807, 2.05) is 0 Å². The van der Waals surface area contributed by atoms with Crippen LogP contribution in [0, 0.1) is 6.08 Å². The molecule has 34 heteroatoms. The number of anilines is 5. The van der Waals surface area contributed by atoms with Gasteiger partial charge >= 0.3 is 6.08 Å². The van der Waals surface area contributed by atoms with Crippen LogP contribution in [0.25, 0.3) is 6.08 Å². The molecule has 1 aromatic heterocycles. The van der Waals surface area contributed by atoms with E-state index in [9.17, 15) is 69.7 Å². The van der Waals surface area contributed by atoms with Gasteiger partial charge in [0.15, 0.2) is 27.0 Å². The molecular formula is C32H32CuFN9O18S5. The first-order chi connectivity index (χ1) is 30.0. The number of methoxy groups -OCH3 is 2. The van der Waals surface area contributed by atoms with Gasteiger partial charge in [0.05, 0.1) is 53.4 Å². The summed E-state index contributed by atoms with van der Waals surface area (Å²) in [7, 11) is -20.9. The van der Waals surface area contributed by atoms with E-state index in [0.717, 1.165) is 35.3 Å². The first-order valence-electron chi connectivity index (χ1n) is 17.3. The second-order valence-electron chi connectivity index (χ2n) is 13.1. The number of fused-ring (bicyclic) bond motifs is 1. The minimum atomic E-state index is -5.52. The summed E-state index contributed by atoms with van der Waals surface area (Å²) in [6.45, 7) is -0.467. The van der Waals surface area contributed by atoms with Crippen LogP contribution in [0.2, 0.25) is 0 Å². The minimum absolute atomic E-state index is 0. The molecule has 0 saturated heterocycles. The van der Waals surface area contributed by atoms with Crippen LogP contribution in [0.15, 0.2) is 67.4 Å². The van der Waals surface area contributed by atoms with Crippen molar-refractivity contribution in [3.8, 4) is 11.5 Å². The van der Waals surface area contributed by atoms with E-state index in [1.54, 1.807) is 0 Å². The number of ketones is 2. The topological polar surface area (TPSA) is 407 Å². The van der Waals surface area contributed by atoms with Crippen LogP contribution in [0.5, 0.6) is 11.5 Å². The SMILES string of the molecule is COc1cc(N/N=C2/C=C(S(=O)(=O)O)C=CC2=O)c(N/N=C2/C(=O)c3ccc(Nc4nc(F)nc(N(C)CCS(=O)(=O)CCS(=O)(=O)O)n4)c(S(=O)(=O)O)c3C=C2S(=O)(=O)O)cc1OC.[Cu]. The van der Waals surface area contributed by atoms with Crippen LogP contribution in [0.3, 0.4) is 0 Å². The molecule has 27 nitrogen and oxygen atoms in total. The molecule has 0 atom stereocenters. The Bertz CT molecular complexity index is 3260. The van der Waals surface area contributed by atoms with E-state index < -0.39 is 147 Å². The zero-order chi connectivity index (χ0) is 48.4. The second kappa shape index (κ2) is 20.0. The number of nitrogens with zero attached hydrogens (tertiary/aromatic N) is 6. The maximum absolute atomic E-state index is 14.7. The second-order valence-corrected chi connectivity index (χ2v) is 21.1. The molecule has 0 bridgehead atoms. The maximum atomic E-state index is 14.7. The molecule has 361 valence electrons. The molecular weight excluding hydrogens is 1040 g/mol. The predicted molar refractivity (Wildman–Crippen MR) is 227 cm³/mol. The van der Waals surface area contributed by atoms with Gasteiger partial charge in [0.25, 0.3) is 40.5 Å². The molecule has 0 aliphatic heterocycles. The summed E-state index contributed by atoms with van der Waals surface area (Å²) < 4.78 is 185. The number of Topliss-reactive ketones (excluding diaryl/α,β-unsaturated/α-hetero) is 1. The van der Waals surface area contributed by atoms with Gasteiger partial charge in [-0.25, -0.2) is 8.42 Å². The third-order valence-electron chi connectivity index (χ3n) is 8.61. The molecule has 0 spiro atoms. The van der Waals surface area contributed by atoms with Crippen molar-refractivity contribution in [1.29, 1.82) is 0 Å². The molecule has 0 saturated carbocycles. The summed E-state index contributed by atoms with van der Waals surface area (Å²) in [5.74, 6) is -6.29. The Morgan fingerprint density at radius 2 is 1.35 bits per heavy atom. The smallest absolute Gasteiger partial charge is 0.315 e. The van der Waals surface area contributed by atoms with Crippen molar-refractivity contribution < 1.29 is 101 Å². The fourth-order valence-corrected chi connectivity index (χ4v) is 10.1. The van der Waals surface area contributed by atoms with Crippen LogP contribution in [-0.2, 0) is 72.2 Å². The summed E-state index contributed by atoms with van der Waals surface area (Å²) in [5, 5.41) is 9.98. The van der Waals surface area contributed by atoms with Crippen molar-refractivity contribution in [2.45, 2.75) is 4.90 Å². The summed E-state index contributed by atoms with van der Waals surface area (Å²) in [6.07, 6.45) is 1.31. The Morgan fingerprint density at radius 3 is 1.89 bits per heavy atom. The number of aromatic nitrogens is 3. The number of rotatable bonds is 18. The van der Waals surface area contributed by atoms with E-state index in [-0.39, 0.29) is 39.9 Å². The quantitative estimate of drug-likeness (QED) is 0.0390. The van der Waals surface area contributed by atoms with Crippen molar-refractivity contribution in [1.82, 2.24) is 15.0 Å². The fourth-order valence-electron chi connectivity index (χ4n) is 5.50. The molecule has 0 amide bonds. The van der Waals surface area contributed by atoms with E-state index in [2.05, 4.69) is 41.3 Å². The van der Waals surface area contributed by atoms with E-state index in [4.69, 9.17) is 14.0 Å². The molecule has 1 heterocycles. The molecule has 0 unspecified atom stereocenters. The van der Waals surface area contributed by atoms with Gasteiger partial charge in [-0.2, -0.15) is 63.2 Å². The molecule has 3 aromatic rings. The van der Waals surface area contributed by atoms with Crippen molar-refractivity contribution >= 4 is 108 Å². The molecule has 5 rings (SSSR count). The molecule has 2 aliphatic rings. The van der Waals surface area contributed by atoms with E-state index >= 15 is 0 Å². The van der Waals surface area contributed by atoms with Gasteiger partial charge in [0, 0.05) is 53.9 Å². The number of ether oxygens (including phenoxy) is 2. The van der Waals surface area contributed by atoms with Crippen LogP contribution < -0.4 is 30.5 Å². The number of allylic oxidation sites excluding steroid dienone is 4. The number of hydrogen-bond donors (Lipinski definition) is 7. The van der Waals surface area contributed by atoms with Crippen molar-refractivity contribution in [3.05, 3.63) is 69.5 Å². The van der Waals surface area contributed by atoms with Gasteiger partial charge in [0.2, 0.25) is 23.5 Å². The summed E-state index contributed by atoms with van der Waals surface area (Å²) in [5.41, 5.74) is 0.619. The van der Waals surface area contributed by atoms with Gasteiger partial charge < -0.3 is 19.7 Å². The first kappa shape index (κ1) is 52.8. The summed E-state index contributed by atoms with van der Waals surface area (Å²) >= 11 is 0. The number of nitrogens with one attached hydrogen (secondary N) is 3. The van der Waals surface area contributed by atoms with Crippen molar-refractivity contribution in [2.24, 2.45) is 10.2 Å². The molecule has 66 heavy (non-hydrogen) atoms. The number of carbonyl (C=O) groups is 2. The zero-order valence-electron chi connectivity index (χ0n) is 33.4.